The molecule has 0 aromatic heterocycles. The van der Waals surface area contributed by atoms with Crippen molar-refractivity contribution in [1.82, 2.24) is 0 Å². The lowest BCUT2D eigenvalue weighted by Crippen LogP contribution is -2.54. The summed E-state index contributed by atoms with van der Waals surface area (Å²) in [5.74, 6) is -12.5. The average Bonchev–Trinajstić information content (AvgIpc) is 2.77. The third kappa shape index (κ3) is 10.1. The number of hydrogen-bond donors (Lipinski definition) is 0. The zero-order valence-electron chi connectivity index (χ0n) is 25.8. The van der Waals surface area contributed by atoms with Crippen molar-refractivity contribution in [2.45, 2.75) is 135 Å². The summed E-state index contributed by atoms with van der Waals surface area (Å²) in [5.41, 5.74) is -0.763. The highest BCUT2D eigenvalue weighted by Gasteiger charge is 2.72. The first-order valence-corrected chi connectivity index (χ1v) is 19.0. The second-order valence-electron chi connectivity index (χ2n) is 12.6. The number of carbonyl (C=O) groups excluding carboxylic acids is 1. The smallest absolute Gasteiger partial charge is 0.459 e. The van der Waals surface area contributed by atoms with E-state index in [1.165, 1.54) is 6.08 Å². The maximum atomic E-state index is 14.4. The molecule has 0 bridgehead atoms. The predicted molar refractivity (Wildman–Crippen MR) is 149 cm³/mol. The van der Waals surface area contributed by atoms with Gasteiger partial charge < -0.3 is 13.6 Å². The molecule has 4 nitrogen and oxygen atoms in total. The second-order valence-corrected chi connectivity index (χ2v) is 22.3. The maximum absolute atomic E-state index is 14.4. The van der Waals surface area contributed by atoms with Crippen molar-refractivity contribution in [2.24, 2.45) is 5.92 Å². The van der Waals surface area contributed by atoms with Gasteiger partial charge in [-0.25, -0.2) is 4.79 Å². The van der Waals surface area contributed by atoms with Gasteiger partial charge >= 0.3 is 24.0 Å². The third-order valence-corrected chi connectivity index (χ3v) is 18.3. The highest BCUT2D eigenvalue weighted by Crippen LogP contribution is 2.51. The lowest BCUT2D eigenvalue weighted by atomic mass is 10.0. The zero-order chi connectivity index (χ0) is 32.0. The van der Waals surface area contributed by atoms with E-state index in [0.717, 1.165) is 0 Å². The van der Waals surface area contributed by atoms with Crippen LogP contribution < -0.4 is 0 Å². The van der Waals surface area contributed by atoms with E-state index >= 15 is 0 Å². The number of carbonyl (C=O) groups is 1. The highest BCUT2D eigenvalue weighted by molar-refractivity contribution is 6.76. The molecule has 0 radical (unpaired) electrons. The number of esters is 1. The van der Waals surface area contributed by atoms with E-state index in [-0.39, 0.29) is 29.3 Å². The van der Waals surface area contributed by atoms with Crippen molar-refractivity contribution in [3.05, 3.63) is 12.2 Å². The van der Waals surface area contributed by atoms with Crippen molar-refractivity contribution in [1.29, 1.82) is 0 Å². The van der Waals surface area contributed by atoms with Crippen LogP contribution in [-0.2, 0) is 18.4 Å². The molecule has 0 N–H and O–H groups in total. The third-order valence-electron chi connectivity index (χ3n) is 8.05. The van der Waals surface area contributed by atoms with E-state index in [9.17, 15) is 35.5 Å². The Labute approximate surface area is 237 Å². The average molecular weight is 627 g/mol. The Balaban J connectivity index is 6.32. The number of halogens is 7. The van der Waals surface area contributed by atoms with Gasteiger partial charge in [0.05, 0.1) is 12.7 Å². The van der Waals surface area contributed by atoms with Gasteiger partial charge in [-0.05, 0) is 54.5 Å². The summed E-state index contributed by atoms with van der Waals surface area (Å²) in [4.78, 5) is 11.9. The van der Waals surface area contributed by atoms with Crippen LogP contribution in [0.4, 0.5) is 30.7 Å². The highest BCUT2D eigenvalue weighted by atomic mass is 28.4. The Morgan fingerprint density at radius 3 is 1.80 bits per heavy atom. The van der Waals surface area contributed by atoms with E-state index in [1.54, 1.807) is 47.6 Å². The summed E-state index contributed by atoms with van der Waals surface area (Å²) < 4.78 is 112. The fourth-order valence-corrected chi connectivity index (χ4v) is 10.0. The monoisotopic (exact) mass is 626 g/mol. The van der Waals surface area contributed by atoms with E-state index < -0.39 is 65.1 Å². The zero-order valence-corrected chi connectivity index (χ0v) is 27.8. The Morgan fingerprint density at radius 2 is 1.40 bits per heavy atom. The Kier molecular flexibility index (Phi) is 14.2. The molecule has 40 heavy (non-hydrogen) atoms. The van der Waals surface area contributed by atoms with E-state index in [2.05, 4.69) is 33.9 Å². The van der Waals surface area contributed by atoms with Crippen molar-refractivity contribution in [2.75, 3.05) is 13.2 Å². The molecule has 0 aliphatic heterocycles. The first-order valence-electron chi connectivity index (χ1n) is 13.8. The first-order chi connectivity index (χ1) is 17.8. The molecule has 0 aliphatic rings. The van der Waals surface area contributed by atoms with Gasteiger partial charge in [0.15, 0.2) is 16.6 Å². The van der Waals surface area contributed by atoms with Crippen LogP contribution in [0.25, 0.3) is 0 Å². The fraction of sp³-hybridized carbons (Fsp3) is 0.889. The standard InChI is InChI=1S/C27H49F7O4Si2/c1-12-36-23(35)14-13-21(6)22(15-17-37-39(10,11)24(7,8)9)38-40(19(2)3,20(4)5)18-16-25(28,29)26(30,31)27(32,33)34/h13-14,19-22H,12,15-18H2,1-11H3/b14-13+/t21-,22+/m1/s1. The SMILES string of the molecule is CCOC(=O)/C=C/[C@@H](C)[C@H](CCO[Si](C)(C)C(C)(C)C)O[Si](CCC(F)(F)C(F)(F)C(F)(F)F)(C(C)C)C(C)C. The van der Waals surface area contributed by atoms with Crippen LogP contribution in [0.5, 0.6) is 0 Å². The summed E-state index contributed by atoms with van der Waals surface area (Å²) in [5, 5.41) is -0.0809. The Bertz CT molecular complexity index is 815. The van der Waals surface area contributed by atoms with Gasteiger partial charge in [0.25, 0.3) is 0 Å². The molecule has 0 saturated carbocycles. The minimum absolute atomic E-state index is 0.0809. The lowest BCUT2D eigenvalue weighted by Gasteiger charge is -2.44. The molecule has 2 atom stereocenters. The Hall–Kier alpha value is -0.926. The van der Waals surface area contributed by atoms with Gasteiger partial charge in [-0.2, -0.15) is 30.7 Å². The molecule has 0 spiro atoms. The van der Waals surface area contributed by atoms with Gasteiger partial charge in [0, 0.05) is 19.1 Å². The minimum Gasteiger partial charge on any atom is -0.463 e. The molecule has 0 heterocycles. The fourth-order valence-electron chi connectivity index (χ4n) is 4.19. The predicted octanol–water partition coefficient (Wildman–Crippen LogP) is 9.53. The van der Waals surface area contributed by atoms with Gasteiger partial charge in [-0.15, -0.1) is 0 Å². The quantitative estimate of drug-likeness (QED) is 0.0741. The largest absolute Gasteiger partial charge is 0.463 e. The lowest BCUT2D eigenvalue weighted by molar-refractivity contribution is -0.354. The van der Waals surface area contributed by atoms with Crippen LogP contribution in [0.15, 0.2) is 12.2 Å². The van der Waals surface area contributed by atoms with Gasteiger partial charge in [0.2, 0.25) is 0 Å². The summed E-state index contributed by atoms with van der Waals surface area (Å²) in [6.07, 6.45) is -5.59. The molecule has 0 aliphatic carbocycles. The van der Waals surface area contributed by atoms with Crippen molar-refractivity contribution < 1.29 is 49.1 Å². The molecule has 0 rings (SSSR count). The molecule has 0 aromatic carbocycles. The van der Waals surface area contributed by atoms with Crippen LogP contribution in [0.3, 0.4) is 0 Å². The number of rotatable bonds is 16. The van der Waals surface area contributed by atoms with Gasteiger partial charge in [-0.1, -0.05) is 61.5 Å². The van der Waals surface area contributed by atoms with Crippen LogP contribution in [0.1, 0.15) is 75.2 Å². The van der Waals surface area contributed by atoms with E-state index in [0.29, 0.717) is 6.42 Å². The molecule has 13 heteroatoms. The Morgan fingerprint density at radius 1 is 0.900 bits per heavy atom. The van der Waals surface area contributed by atoms with E-state index in [1.807, 2.05) is 0 Å². The molecule has 0 aromatic rings. The van der Waals surface area contributed by atoms with E-state index in [4.69, 9.17) is 13.6 Å². The van der Waals surface area contributed by atoms with Crippen LogP contribution in [0.2, 0.25) is 35.3 Å². The molecule has 0 unspecified atom stereocenters. The second kappa shape index (κ2) is 14.5. The topological polar surface area (TPSA) is 44.8 Å². The summed E-state index contributed by atoms with van der Waals surface area (Å²) in [6, 6.07) is -0.602. The van der Waals surface area contributed by atoms with Crippen LogP contribution in [0, 0.1) is 5.92 Å². The molecular formula is C27H49F7O4Si2. The van der Waals surface area contributed by atoms with Crippen molar-refractivity contribution >= 4 is 22.6 Å². The van der Waals surface area contributed by atoms with Crippen molar-refractivity contribution in [3.8, 4) is 0 Å². The first kappa shape index (κ1) is 39.1. The molecule has 0 fully saturated rings. The number of hydrogen-bond acceptors (Lipinski definition) is 4. The minimum atomic E-state index is -6.38. The molecule has 0 saturated heterocycles. The summed E-state index contributed by atoms with van der Waals surface area (Å²) in [6.45, 7) is 21.1. The van der Waals surface area contributed by atoms with Crippen LogP contribution in [-0.4, -0.2) is 59.9 Å². The van der Waals surface area contributed by atoms with Crippen LogP contribution >= 0.6 is 0 Å². The normalized spacial score (nSPS) is 16.2. The van der Waals surface area contributed by atoms with Crippen molar-refractivity contribution in [3.63, 3.8) is 0 Å². The number of ether oxygens (including phenoxy) is 1. The molecule has 0 amide bonds. The van der Waals surface area contributed by atoms with Gasteiger partial charge in [-0.3, -0.25) is 0 Å². The molecule has 238 valence electrons. The summed E-state index contributed by atoms with van der Waals surface area (Å²) >= 11 is 0. The molecular weight excluding hydrogens is 577 g/mol. The number of alkyl halides is 7. The maximum Gasteiger partial charge on any atom is 0.459 e. The summed E-state index contributed by atoms with van der Waals surface area (Å²) in [7, 11) is -5.56. The van der Waals surface area contributed by atoms with Gasteiger partial charge in [0.1, 0.15) is 0 Å².